The van der Waals surface area contributed by atoms with E-state index < -0.39 is 12.1 Å². The molecular formula is C22H27F3N2O4. The van der Waals surface area contributed by atoms with Crippen LogP contribution in [0, 0.1) is 0 Å². The molecule has 1 atom stereocenters. The van der Waals surface area contributed by atoms with Crippen LogP contribution in [0.3, 0.4) is 0 Å². The lowest BCUT2D eigenvalue weighted by atomic mass is 10.0. The topological polar surface area (TPSA) is 82.8 Å². The lowest BCUT2D eigenvalue weighted by Gasteiger charge is -2.18. The van der Waals surface area contributed by atoms with E-state index in [1.165, 1.54) is 12.8 Å². The number of carbonyl (C=O) groups is 2. The molecule has 2 heterocycles. The number of nitrogens with zero attached hydrogens (tertiary/aromatic N) is 1. The van der Waals surface area contributed by atoms with Crippen LogP contribution in [-0.2, 0) is 11.3 Å². The summed E-state index contributed by atoms with van der Waals surface area (Å²) in [6.07, 6.45) is -0.650. The maximum atomic E-state index is 12.5. The molecule has 1 saturated heterocycles. The molecule has 0 saturated carbocycles. The SMILES string of the molecule is CCCC(NC(=O)c1ccc(CN2CCCC2)o1)c1ccccc1.O=C(O)C(F)(F)F. The smallest absolute Gasteiger partial charge is 0.475 e. The first-order chi connectivity index (χ1) is 14.7. The van der Waals surface area contributed by atoms with Crippen LogP contribution in [0.2, 0.25) is 0 Å². The standard InChI is InChI=1S/C20H26N2O2.C2HF3O2/c1-2-8-18(16-9-4-3-5-10-16)21-20(23)19-12-11-17(24-19)15-22-13-6-7-14-22;3-2(4,5)1(6)7/h3-5,9-12,18H,2,6-8,13-15H2,1H3,(H,21,23);(H,6,7). The number of halogens is 3. The van der Waals surface area contributed by atoms with E-state index in [0.717, 1.165) is 43.8 Å². The predicted octanol–water partition coefficient (Wildman–Crippen LogP) is 4.78. The van der Waals surface area contributed by atoms with Crippen molar-refractivity contribution < 1.29 is 32.3 Å². The third-order valence-electron chi connectivity index (χ3n) is 4.79. The van der Waals surface area contributed by atoms with Crippen molar-refractivity contribution >= 4 is 11.9 Å². The fourth-order valence-electron chi connectivity index (χ4n) is 3.27. The minimum Gasteiger partial charge on any atom is -0.475 e. The molecule has 1 amide bonds. The van der Waals surface area contributed by atoms with E-state index >= 15 is 0 Å². The molecule has 0 radical (unpaired) electrons. The largest absolute Gasteiger partial charge is 0.490 e. The fourth-order valence-corrected chi connectivity index (χ4v) is 3.27. The van der Waals surface area contributed by atoms with Crippen LogP contribution >= 0.6 is 0 Å². The number of benzene rings is 1. The molecule has 31 heavy (non-hydrogen) atoms. The Labute approximate surface area is 179 Å². The Hall–Kier alpha value is -2.81. The lowest BCUT2D eigenvalue weighted by Crippen LogP contribution is -2.28. The molecule has 1 aromatic carbocycles. The fraction of sp³-hybridized carbons (Fsp3) is 0.455. The van der Waals surface area contributed by atoms with Crippen molar-refractivity contribution in [2.45, 2.75) is 51.4 Å². The Morgan fingerprint density at radius 1 is 1.13 bits per heavy atom. The van der Waals surface area contributed by atoms with Gasteiger partial charge in [0.25, 0.3) is 5.91 Å². The van der Waals surface area contributed by atoms with Gasteiger partial charge in [0.15, 0.2) is 5.76 Å². The number of alkyl halides is 3. The molecule has 0 aliphatic carbocycles. The summed E-state index contributed by atoms with van der Waals surface area (Å²) in [7, 11) is 0. The van der Waals surface area contributed by atoms with Gasteiger partial charge in [-0.05, 0) is 50.0 Å². The van der Waals surface area contributed by atoms with Gasteiger partial charge in [-0.15, -0.1) is 0 Å². The summed E-state index contributed by atoms with van der Waals surface area (Å²) in [5.41, 5.74) is 1.14. The zero-order valence-electron chi connectivity index (χ0n) is 17.3. The van der Waals surface area contributed by atoms with Gasteiger partial charge in [0.1, 0.15) is 5.76 Å². The molecule has 2 N–H and O–H groups in total. The van der Waals surface area contributed by atoms with Gasteiger partial charge in [0, 0.05) is 0 Å². The first-order valence-corrected chi connectivity index (χ1v) is 10.2. The highest BCUT2D eigenvalue weighted by molar-refractivity contribution is 5.91. The lowest BCUT2D eigenvalue weighted by molar-refractivity contribution is -0.192. The zero-order valence-corrected chi connectivity index (χ0v) is 17.3. The molecule has 2 aromatic rings. The Morgan fingerprint density at radius 3 is 2.29 bits per heavy atom. The number of likely N-dealkylation sites (tertiary alicyclic amines) is 1. The van der Waals surface area contributed by atoms with E-state index in [9.17, 15) is 18.0 Å². The molecule has 9 heteroatoms. The summed E-state index contributed by atoms with van der Waals surface area (Å²) in [5, 5.41) is 10.2. The summed E-state index contributed by atoms with van der Waals surface area (Å²) in [6, 6.07) is 13.8. The van der Waals surface area contributed by atoms with Gasteiger partial charge < -0.3 is 14.8 Å². The molecule has 1 aromatic heterocycles. The molecular weight excluding hydrogens is 413 g/mol. The van der Waals surface area contributed by atoms with Crippen LogP contribution in [0.1, 0.15) is 60.5 Å². The van der Waals surface area contributed by atoms with Crippen molar-refractivity contribution in [2.24, 2.45) is 0 Å². The number of carboxylic acid groups (broad SMARTS) is 1. The van der Waals surface area contributed by atoms with E-state index in [-0.39, 0.29) is 11.9 Å². The second kappa shape index (κ2) is 11.5. The van der Waals surface area contributed by atoms with Crippen molar-refractivity contribution in [3.8, 4) is 0 Å². The van der Waals surface area contributed by atoms with Crippen LogP contribution in [-0.4, -0.2) is 41.1 Å². The number of nitrogens with one attached hydrogen (secondary N) is 1. The van der Waals surface area contributed by atoms with Crippen LogP contribution in [0.25, 0.3) is 0 Å². The summed E-state index contributed by atoms with van der Waals surface area (Å²) in [6.45, 7) is 5.16. The third-order valence-corrected chi connectivity index (χ3v) is 4.79. The van der Waals surface area contributed by atoms with E-state index in [4.69, 9.17) is 14.3 Å². The van der Waals surface area contributed by atoms with Crippen molar-refractivity contribution in [3.63, 3.8) is 0 Å². The molecule has 1 fully saturated rings. The number of amides is 1. The van der Waals surface area contributed by atoms with Gasteiger partial charge in [-0.3, -0.25) is 9.69 Å². The van der Waals surface area contributed by atoms with Crippen LogP contribution in [0.4, 0.5) is 13.2 Å². The summed E-state index contributed by atoms with van der Waals surface area (Å²) >= 11 is 0. The van der Waals surface area contributed by atoms with Crippen LogP contribution in [0.15, 0.2) is 46.9 Å². The van der Waals surface area contributed by atoms with Crippen LogP contribution < -0.4 is 5.32 Å². The summed E-state index contributed by atoms with van der Waals surface area (Å²) in [5.74, 6) is -1.62. The zero-order chi connectivity index (χ0) is 22.9. The first-order valence-electron chi connectivity index (χ1n) is 10.2. The highest BCUT2D eigenvalue weighted by Gasteiger charge is 2.38. The number of hydrogen-bond donors (Lipinski definition) is 2. The monoisotopic (exact) mass is 440 g/mol. The summed E-state index contributed by atoms with van der Waals surface area (Å²) < 4.78 is 37.5. The Bertz CT molecular complexity index is 831. The van der Waals surface area contributed by atoms with Crippen molar-refractivity contribution in [2.75, 3.05) is 13.1 Å². The molecule has 6 nitrogen and oxygen atoms in total. The normalized spacial score (nSPS) is 15.1. The Balaban J connectivity index is 0.000000423. The van der Waals surface area contributed by atoms with Gasteiger partial charge in [-0.2, -0.15) is 13.2 Å². The number of carbonyl (C=O) groups excluding carboxylic acids is 1. The highest BCUT2D eigenvalue weighted by Crippen LogP contribution is 2.20. The minimum atomic E-state index is -5.08. The van der Waals surface area contributed by atoms with Gasteiger partial charge in [-0.25, -0.2) is 4.79 Å². The summed E-state index contributed by atoms with van der Waals surface area (Å²) in [4.78, 5) is 23.8. The maximum absolute atomic E-state index is 12.5. The molecule has 170 valence electrons. The minimum absolute atomic E-state index is 0.0239. The molecule has 0 bridgehead atoms. The molecule has 1 unspecified atom stereocenters. The van der Waals surface area contributed by atoms with Gasteiger partial charge in [-0.1, -0.05) is 43.7 Å². The number of hydrogen-bond acceptors (Lipinski definition) is 4. The average Bonchev–Trinajstić information content (AvgIpc) is 3.41. The number of furan rings is 1. The van der Waals surface area contributed by atoms with Gasteiger partial charge in [0.05, 0.1) is 12.6 Å². The number of rotatable bonds is 7. The highest BCUT2D eigenvalue weighted by atomic mass is 19.4. The van der Waals surface area contributed by atoms with Gasteiger partial charge in [0.2, 0.25) is 0 Å². The number of aliphatic carboxylic acids is 1. The van der Waals surface area contributed by atoms with E-state index in [0.29, 0.717) is 5.76 Å². The molecule has 0 spiro atoms. The molecule has 1 aliphatic heterocycles. The van der Waals surface area contributed by atoms with Gasteiger partial charge >= 0.3 is 12.1 Å². The van der Waals surface area contributed by atoms with Crippen molar-refractivity contribution in [1.82, 2.24) is 10.2 Å². The first kappa shape index (κ1) is 24.5. The van der Waals surface area contributed by atoms with E-state index in [2.05, 4.69) is 29.3 Å². The van der Waals surface area contributed by atoms with Crippen LogP contribution in [0.5, 0.6) is 0 Å². The maximum Gasteiger partial charge on any atom is 0.490 e. The van der Waals surface area contributed by atoms with E-state index in [1.54, 1.807) is 6.07 Å². The second-order valence-corrected chi connectivity index (χ2v) is 7.28. The number of carboxylic acids is 1. The van der Waals surface area contributed by atoms with Crippen molar-refractivity contribution in [3.05, 3.63) is 59.5 Å². The Kier molecular flexibility index (Phi) is 9.11. The molecule has 3 rings (SSSR count). The molecule has 1 aliphatic rings. The third kappa shape index (κ3) is 8.09. The van der Waals surface area contributed by atoms with E-state index in [1.807, 2.05) is 24.3 Å². The Morgan fingerprint density at radius 2 is 1.74 bits per heavy atom. The second-order valence-electron chi connectivity index (χ2n) is 7.28. The predicted molar refractivity (Wildman–Crippen MR) is 108 cm³/mol. The quantitative estimate of drug-likeness (QED) is 0.648. The van der Waals surface area contributed by atoms with Crippen molar-refractivity contribution in [1.29, 1.82) is 0 Å². The average molecular weight is 440 g/mol.